The van der Waals surface area contributed by atoms with Gasteiger partial charge < -0.3 is 5.32 Å². The SMILES string of the molecule is Cc1cc(C(=O)NC(C)C)cc(C)n1. The number of aryl methyl sites for hydroxylation is 2. The van der Waals surface area contributed by atoms with E-state index in [-0.39, 0.29) is 11.9 Å². The Kier molecular flexibility index (Phi) is 3.23. The lowest BCUT2D eigenvalue weighted by Crippen LogP contribution is -2.30. The molecular formula is C11H16N2O. The maximum Gasteiger partial charge on any atom is 0.251 e. The third-order valence-electron chi connectivity index (χ3n) is 1.76. The highest BCUT2D eigenvalue weighted by Gasteiger charge is 2.07. The van der Waals surface area contributed by atoms with Crippen LogP contribution in [-0.4, -0.2) is 16.9 Å². The zero-order valence-corrected chi connectivity index (χ0v) is 9.09. The molecule has 14 heavy (non-hydrogen) atoms. The largest absolute Gasteiger partial charge is 0.350 e. The Morgan fingerprint density at radius 1 is 1.29 bits per heavy atom. The number of rotatable bonds is 2. The van der Waals surface area contributed by atoms with E-state index in [2.05, 4.69) is 10.3 Å². The molecule has 3 heteroatoms. The Morgan fingerprint density at radius 3 is 2.21 bits per heavy atom. The molecule has 0 radical (unpaired) electrons. The van der Waals surface area contributed by atoms with Crippen LogP contribution in [0.3, 0.4) is 0 Å². The average molecular weight is 192 g/mol. The van der Waals surface area contributed by atoms with Gasteiger partial charge in [0.1, 0.15) is 0 Å². The Balaban J connectivity index is 2.90. The third-order valence-corrected chi connectivity index (χ3v) is 1.76. The maximum atomic E-state index is 11.6. The van der Waals surface area contributed by atoms with Crippen LogP contribution < -0.4 is 5.32 Å². The molecular weight excluding hydrogens is 176 g/mol. The van der Waals surface area contributed by atoms with Crippen LogP contribution in [0.5, 0.6) is 0 Å². The monoisotopic (exact) mass is 192 g/mol. The van der Waals surface area contributed by atoms with Crippen molar-refractivity contribution in [2.24, 2.45) is 0 Å². The number of carbonyl (C=O) groups excluding carboxylic acids is 1. The second-order valence-corrected chi connectivity index (χ2v) is 3.77. The summed E-state index contributed by atoms with van der Waals surface area (Å²) in [5.74, 6) is -0.0337. The van der Waals surface area contributed by atoms with Crippen LogP contribution in [0.15, 0.2) is 12.1 Å². The fourth-order valence-electron chi connectivity index (χ4n) is 1.31. The van der Waals surface area contributed by atoms with E-state index in [0.717, 1.165) is 11.4 Å². The van der Waals surface area contributed by atoms with Crippen molar-refractivity contribution in [3.63, 3.8) is 0 Å². The zero-order chi connectivity index (χ0) is 10.7. The molecule has 3 nitrogen and oxygen atoms in total. The fourth-order valence-corrected chi connectivity index (χ4v) is 1.31. The summed E-state index contributed by atoms with van der Waals surface area (Å²) in [6, 6.07) is 3.76. The van der Waals surface area contributed by atoms with Crippen molar-refractivity contribution >= 4 is 5.91 Å². The summed E-state index contributed by atoms with van der Waals surface area (Å²) in [4.78, 5) is 15.8. The summed E-state index contributed by atoms with van der Waals surface area (Å²) in [5, 5.41) is 2.85. The number of nitrogens with zero attached hydrogens (tertiary/aromatic N) is 1. The third kappa shape index (κ3) is 2.83. The minimum atomic E-state index is -0.0337. The van der Waals surface area contributed by atoms with Crippen molar-refractivity contribution < 1.29 is 4.79 Å². The van der Waals surface area contributed by atoms with Gasteiger partial charge in [-0.05, 0) is 39.8 Å². The van der Waals surface area contributed by atoms with Gasteiger partial charge in [-0.3, -0.25) is 9.78 Å². The van der Waals surface area contributed by atoms with E-state index in [1.807, 2.05) is 27.7 Å². The number of hydrogen-bond donors (Lipinski definition) is 1. The van der Waals surface area contributed by atoms with Gasteiger partial charge in [-0.2, -0.15) is 0 Å². The second-order valence-electron chi connectivity index (χ2n) is 3.77. The molecule has 1 rings (SSSR count). The van der Waals surface area contributed by atoms with E-state index >= 15 is 0 Å². The summed E-state index contributed by atoms with van der Waals surface area (Å²) < 4.78 is 0. The van der Waals surface area contributed by atoms with Crippen molar-refractivity contribution in [3.8, 4) is 0 Å². The second kappa shape index (κ2) is 4.22. The van der Waals surface area contributed by atoms with E-state index in [1.54, 1.807) is 12.1 Å². The molecule has 0 spiro atoms. The minimum Gasteiger partial charge on any atom is -0.350 e. The molecule has 0 fully saturated rings. The molecule has 0 aliphatic rings. The number of nitrogens with one attached hydrogen (secondary N) is 1. The summed E-state index contributed by atoms with van der Waals surface area (Å²) in [5.41, 5.74) is 2.43. The van der Waals surface area contributed by atoms with Crippen LogP contribution in [-0.2, 0) is 0 Å². The Bertz CT molecular complexity index is 325. The molecule has 0 saturated carbocycles. The van der Waals surface area contributed by atoms with Crippen molar-refractivity contribution in [3.05, 3.63) is 29.1 Å². The number of pyridine rings is 1. The lowest BCUT2D eigenvalue weighted by atomic mass is 10.2. The van der Waals surface area contributed by atoms with Gasteiger partial charge in [0.15, 0.2) is 0 Å². The van der Waals surface area contributed by atoms with Crippen LogP contribution in [0.4, 0.5) is 0 Å². The van der Waals surface area contributed by atoms with Crippen molar-refractivity contribution in [1.29, 1.82) is 0 Å². The quantitative estimate of drug-likeness (QED) is 0.776. The maximum absolute atomic E-state index is 11.6. The van der Waals surface area contributed by atoms with Crippen molar-refractivity contribution in [2.45, 2.75) is 33.7 Å². The van der Waals surface area contributed by atoms with E-state index in [9.17, 15) is 4.79 Å². The van der Waals surface area contributed by atoms with Crippen molar-refractivity contribution in [1.82, 2.24) is 10.3 Å². The smallest absolute Gasteiger partial charge is 0.251 e. The van der Waals surface area contributed by atoms with E-state index in [0.29, 0.717) is 5.56 Å². The Hall–Kier alpha value is -1.38. The molecule has 0 saturated heterocycles. The van der Waals surface area contributed by atoms with Crippen LogP contribution in [0, 0.1) is 13.8 Å². The molecule has 0 aliphatic heterocycles. The molecule has 1 amide bonds. The number of hydrogen-bond acceptors (Lipinski definition) is 2. The predicted octanol–water partition coefficient (Wildman–Crippen LogP) is 1.84. The standard InChI is InChI=1S/C11H16N2O/c1-7(2)12-11(14)10-5-8(3)13-9(4)6-10/h5-7H,1-4H3,(H,12,14). The van der Waals surface area contributed by atoms with E-state index < -0.39 is 0 Å². The van der Waals surface area contributed by atoms with Gasteiger partial charge in [-0.1, -0.05) is 0 Å². The number of aromatic nitrogens is 1. The topological polar surface area (TPSA) is 42.0 Å². The van der Waals surface area contributed by atoms with Crippen molar-refractivity contribution in [2.75, 3.05) is 0 Å². The molecule has 0 aromatic carbocycles. The van der Waals surface area contributed by atoms with Gasteiger partial charge >= 0.3 is 0 Å². The van der Waals surface area contributed by atoms with Gasteiger partial charge in [-0.25, -0.2) is 0 Å². The first-order valence-electron chi connectivity index (χ1n) is 4.75. The van der Waals surface area contributed by atoms with Crippen LogP contribution in [0.25, 0.3) is 0 Å². The van der Waals surface area contributed by atoms with Crippen LogP contribution in [0.2, 0.25) is 0 Å². The zero-order valence-electron chi connectivity index (χ0n) is 9.09. The summed E-state index contributed by atoms with van der Waals surface area (Å²) >= 11 is 0. The summed E-state index contributed by atoms with van der Waals surface area (Å²) in [6.45, 7) is 7.66. The first-order valence-corrected chi connectivity index (χ1v) is 4.75. The van der Waals surface area contributed by atoms with Gasteiger partial charge in [-0.15, -0.1) is 0 Å². The molecule has 1 heterocycles. The molecule has 1 aromatic heterocycles. The Labute approximate surface area is 84.6 Å². The molecule has 1 aromatic rings. The highest BCUT2D eigenvalue weighted by Crippen LogP contribution is 2.04. The lowest BCUT2D eigenvalue weighted by Gasteiger charge is -2.09. The minimum absolute atomic E-state index is 0.0337. The van der Waals surface area contributed by atoms with Gasteiger partial charge in [0.25, 0.3) is 5.91 Å². The Morgan fingerprint density at radius 2 is 1.79 bits per heavy atom. The molecule has 1 N–H and O–H groups in total. The van der Waals surface area contributed by atoms with Gasteiger partial charge in [0.2, 0.25) is 0 Å². The molecule has 0 bridgehead atoms. The van der Waals surface area contributed by atoms with Gasteiger partial charge in [0.05, 0.1) is 0 Å². The van der Waals surface area contributed by atoms with Gasteiger partial charge in [0, 0.05) is 23.0 Å². The normalized spacial score (nSPS) is 10.4. The average Bonchev–Trinajstić information content (AvgIpc) is 2.00. The molecule has 0 atom stereocenters. The molecule has 0 unspecified atom stereocenters. The summed E-state index contributed by atoms with van der Waals surface area (Å²) in [7, 11) is 0. The van der Waals surface area contributed by atoms with Crippen LogP contribution in [0.1, 0.15) is 35.6 Å². The fraction of sp³-hybridized carbons (Fsp3) is 0.455. The summed E-state index contributed by atoms with van der Waals surface area (Å²) in [6.07, 6.45) is 0. The van der Waals surface area contributed by atoms with E-state index in [1.165, 1.54) is 0 Å². The number of amides is 1. The predicted molar refractivity (Wildman–Crippen MR) is 56.3 cm³/mol. The lowest BCUT2D eigenvalue weighted by molar-refractivity contribution is 0.0943. The number of carbonyl (C=O) groups is 1. The van der Waals surface area contributed by atoms with E-state index in [4.69, 9.17) is 0 Å². The first kappa shape index (κ1) is 10.7. The highest BCUT2D eigenvalue weighted by atomic mass is 16.1. The van der Waals surface area contributed by atoms with Crippen LogP contribution >= 0.6 is 0 Å². The molecule has 0 aliphatic carbocycles. The molecule has 76 valence electrons. The highest BCUT2D eigenvalue weighted by molar-refractivity contribution is 5.94. The first-order chi connectivity index (χ1) is 6.49.